The minimum atomic E-state index is -0.0907. The number of anilines is 1. The maximum atomic E-state index is 12.3. The van der Waals surface area contributed by atoms with E-state index in [1.165, 1.54) is 32.1 Å². The number of carbonyl (C=O) groups is 1. The Morgan fingerprint density at radius 3 is 2.50 bits per heavy atom. The highest BCUT2D eigenvalue weighted by Gasteiger charge is 2.21. The van der Waals surface area contributed by atoms with Crippen molar-refractivity contribution in [1.29, 1.82) is 0 Å². The zero-order valence-corrected chi connectivity index (χ0v) is 12.8. The molecule has 0 aliphatic carbocycles. The molecular formula is C16H23ClN2O. The Bertz CT molecular complexity index is 442. The molecule has 1 aromatic rings. The van der Waals surface area contributed by atoms with Crippen LogP contribution in [0.4, 0.5) is 5.69 Å². The van der Waals surface area contributed by atoms with Crippen molar-refractivity contribution < 1.29 is 4.79 Å². The number of benzene rings is 1. The average molecular weight is 295 g/mol. The number of likely N-dealkylation sites (tertiary alicyclic amines) is 1. The maximum absolute atomic E-state index is 12.3. The average Bonchev–Trinajstić information content (AvgIpc) is 2.37. The molecule has 20 heavy (non-hydrogen) atoms. The van der Waals surface area contributed by atoms with Gasteiger partial charge in [0.1, 0.15) is 0 Å². The van der Waals surface area contributed by atoms with Crippen molar-refractivity contribution in [1.82, 2.24) is 4.90 Å². The van der Waals surface area contributed by atoms with E-state index in [1.807, 2.05) is 19.1 Å². The van der Waals surface area contributed by atoms with E-state index >= 15 is 0 Å². The standard InChI is InChI=1S/C16H23ClN2O/c1-13(19-10-5-3-2-4-6-11-19)16(20)18-15-9-7-8-14(17)12-15/h7-9,12-13H,2-6,10-11H2,1H3,(H,18,20)/t13-/m1/s1. The monoisotopic (exact) mass is 294 g/mol. The number of amides is 1. The molecular weight excluding hydrogens is 272 g/mol. The molecule has 0 saturated carbocycles. The van der Waals surface area contributed by atoms with Crippen LogP contribution in [0.25, 0.3) is 0 Å². The number of halogens is 1. The van der Waals surface area contributed by atoms with Gasteiger partial charge in [0, 0.05) is 10.7 Å². The highest BCUT2D eigenvalue weighted by Crippen LogP contribution is 2.17. The van der Waals surface area contributed by atoms with Crippen molar-refractivity contribution in [3.05, 3.63) is 29.3 Å². The van der Waals surface area contributed by atoms with Crippen molar-refractivity contribution in [3.8, 4) is 0 Å². The molecule has 0 bridgehead atoms. The normalized spacial score (nSPS) is 18.9. The molecule has 1 aliphatic rings. The van der Waals surface area contributed by atoms with E-state index in [2.05, 4.69) is 10.2 Å². The summed E-state index contributed by atoms with van der Waals surface area (Å²) in [4.78, 5) is 14.6. The van der Waals surface area contributed by atoms with Crippen molar-refractivity contribution >= 4 is 23.2 Å². The Labute approximate surface area is 126 Å². The molecule has 1 amide bonds. The molecule has 0 spiro atoms. The predicted molar refractivity (Wildman–Crippen MR) is 84.2 cm³/mol. The molecule has 1 aromatic carbocycles. The smallest absolute Gasteiger partial charge is 0.241 e. The van der Waals surface area contributed by atoms with Gasteiger partial charge in [-0.15, -0.1) is 0 Å². The van der Waals surface area contributed by atoms with Crippen molar-refractivity contribution in [3.63, 3.8) is 0 Å². The zero-order chi connectivity index (χ0) is 14.4. The molecule has 0 aromatic heterocycles. The van der Waals surface area contributed by atoms with Crippen LogP contribution >= 0.6 is 11.6 Å². The molecule has 1 aliphatic heterocycles. The van der Waals surface area contributed by atoms with Gasteiger partial charge in [-0.3, -0.25) is 9.69 Å². The first-order chi connectivity index (χ1) is 9.66. The number of hydrogen-bond acceptors (Lipinski definition) is 2. The predicted octanol–water partition coefficient (Wildman–Crippen LogP) is 3.93. The number of nitrogens with one attached hydrogen (secondary N) is 1. The molecule has 1 N–H and O–H groups in total. The summed E-state index contributed by atoms with van der Waals surface area (Å²) in [6, 6.07) is 7.20. The van der Waals surface area contributed by atoms with Crippen molar-refractivity contribution in [2.45, 2.75) is 45.1 Å². The van der Waals surface area contributed by atoms with Gasteiger partial charge in [0.2, 0.25) is 5.91 Å². The second-order valence-corrected chi connectivity index (χ2v) is 5.92. The van der Waals surface area contributed by atoms with Crippen LogP contribution in [0.15, 0.2) is 24.3 Å². The second kappa shape index (κ2) is 7.65. The lowest BCUT2D eigenvalue weighted by Gasteiger charge is -2.29. The van der Waals surface area contributed by atoms with Crippen LogP contribution in [0.5, 0.6) is 0 Å². The van der Waals surface area contributed by atoms with Crippen LogP contribution in [0, 0.1) is 0 Å². The van der Waals surface area contributed by atoms with Crippen LogP contribution in [-0.2, 0) is 4.79 Å². The molecule has 1 saturated heterocycles. The summed E-state index contributed by atoms with van der Waals surface area (Å²) in [5.74, 6) is 0.0489. The van der Waals surface area contributed by atoms with E-state index in [0.717, 1.165) is 18.8 Å². The first-order valence-corrected chi connectivity index (χ1v) is 7.85. The zero-order valence-electron chi connectivity index (χ0n) is 12.1. The van der Waals surface area contributed by atoms with Crippen LogP contribution in [0.1, 0.15) is 39.0 Å². The fraction of sp³-hybridized carbons (Fsp3) is 0.562. The van der Waals surface area contributed by atoms with Gasteiger partial charge in [-0.2, -0.15) is 0 Å². The van der Waals surface area contributed by atoms with E-state index in [-0.39, 0.29) is 11.9 Å². The minimum Gasteiger partial charge on any atom is -0.325 e. The van der Waals surface area contributed by atoms with Crippen molar-refractivity contribution in [2.24, 2.45) is 0 Å². The lowest BCUT2D eigenvalue weighted by molar-refractivity contribution is -0.120. The second-order valence-electron chi connectivity index (χ2n) is 5.48. The van der Waals surface area contributed by atoms with E-state index in [9.17, 15) is 4.79 Å². The van der Waals surface area contributed by atoms with Gasteiger partial charge >= 0.3 is 0 Å². The lowest BCUT2D eigenvalue weighted by atomic mass is 10.1. The van der Waals surface area contributed by atoms with Crippen molar-refractivity contribution in [2.75, 3.05) is 18.4 Å². The molecule has 1 atom stereocenters. The first-order valence-electron chi connectivity index (χ1n) is 7.47. The van der Waals surface area contributed by atoms with E-state index < -0.39 is 0 Å². The fourth-order valence-electron chi connectivity index (χ4n) is 2.64. The number of rotatable bonds is 3. The first kappa shape index (κ1) is 15.3. The third-order valence-electron chi connectivity index (χ3n) is 3.91. The maximum Gasteiger partial charge on any atom is 0.241 e. The minimum absolute atomic E-state index is 0.0489. The lowest BCUT2D eigenvalue weighted by Crippen LogP contribution is -2.43. The molecule has 0 radical (unpaired) electrons. The highest BCUT2D eigenvalue weighted by atomic mass is 35.5. The summed E-state index contributed by atoms with van der Waals surface area (Å²) >= 11 is 5.93. The summed E-state index contributed by atoms with van der Waals surface area (Å²) in [5, 5.41) is 3.59. The summed E-state index contributed by atoms with van der Waals surface area (Å²) in [6.07, 6.45) is 6.26. The van der Waals surface area contributed by atoms with E-state index in [4.69, 9.17) is 11.6 Å². The molecule has 1 heterocycles. The number of hydrogen-bond donors (Lipinski definition) is 1. The van der Waals surface area contributed by atoms with Crippen LogP contribution < -0.4 is 5.32 Å². The topological polar surface area (TPSA) is 32.3 Å². The van der Waals surface area contributed by atoms with E-state index in [1.54, 1.807) is 12.1 Å². The Hall–Kier alpha value is -1.06. The van der Waals surface area contributed by atoms with Gasteiger partial charge in [-0.1, -0.05) is 36.9 Å². The van der Waals surface area contributed by atoms with Gasteiger partial charge in [0.25, 0.3) is 0 Å². The third kappa shape index (κ3) is 4.50. The fourth-order valence-corrected chi connectivity index (χ4v) is 2.83. The highest BCUT2D eigenvalue weighted by molar-refractivity contribution is 6.30. The van der Waals surface area contributed by atoms with Gasteiger partial charge < -0.3 is 5.32 Å². The third-order valence-corrected chi connectivity index (χ3v) is 4.15. The molecule has 0 unspecified atom stereocenters. The van der Waals surface area contributed by atoms with E-state index in [0.29, 0.717) is 5.02 Å². The van der Waals surface area contributed by atoms with Gasteiger partial charge in [0.05, 0.1) is 6.04 Å². The van der Waals surface area contributed by atoms with Crippen LogP contribution in [0.3, 0.4) is 0 Å². The van der Waals surface area contributed by atoms with Crippen LogP contribution in [-0.4, -0.2) is 29.9 Å². The van der Waals surface area contributed by atoms with Gasteiger partial charge in [-0.05, 0) is 51.1 Å². The summed E-state index contributed by atoms with van der Waals surface area (Å²) < 4.78 is 0. The molecule has 2 rings (SSSR count). The number of nitrogens with zero attached hydrogens (tertiary/aromatic N) is 1. The Morgan fingerprint density at radius 2 is 1.85 bits per heavy atom. The molecule has 1 fully saturated rings. The molecule has 3 nitrogen and oxygen atoms in total. The summed E-state index contributed by atoms with van der Waals surface area (Å²) in [5.41, 5.74) is 0.765. The summed E-state index contributed by atoms with van der Waals surface area (Å²) in [6.45, 7) is 4.02. The molecule has 110 valence electrons. The Morgan fingerprint density at radius 1 is 1.20 bits per heavy atom. The van der Waals surface area contributed by atoms with Crippen LogP contribution in [0.2, 0.25) is 5.02 Å². The Balaban J connectivity index is 1.93. The number of carbonyl (C=O) groups excluding carboxylic acids is 1. The van der Waals surface area contributed by atoms with Gasteiger partial charge in [-0.25, -0.2) is 0 Å². The SMILES string of the molecule is C[C@H](C(=O)Nc1cccc(Cl)c1)N1CCCCCCC1. The molecule has 4 heteroatoms. The largest absolute Gasteiger partial charge is 0.325 e. The quantitative estimate of drug-likeness (QED) is 0.916. The Kier molecular flexibility index (Phi) is 5.86. The summed E-state index contributed by atoms with van der Waals surface area (Å²) in [7, 11) is 0. The van der Waals surface area contributed by atoms with Gasteiger partial charge in [0.15, 0.2) is 0 Å².